The number of aryl methyl sites for hydroxylation is 6. The van der Waals surface area contributed by atoms with Crippen molar-refractivity contribution in [1.82, 2.24) is 0 Å². The van der Waals surface area contributed by atoms with Crippen molar-refractivity contribution >= 4 is 88.8 Å². The Morgan fingerprint density at radius 2 is 0.542 bits per heavy atom. The van der Waals surface area contributed by atoms with E-state index in [0.717, 1.165) is 24.0 Å². The van der Waals surface area contributed by atoms with Gasteiger partial charge in [-0.15, -0.1) is 0 Å². The van der Waals surface area contributed by atoms with Gasteiger partial charge in [0, 0.05) is 0 Å². The molecule has 0 saturated carbocycles. The average molecular weight is 1330 g/mol. The number of hydrogen-bond donors (Lipinski definition) is 0. The molecule has 0 aliphatic heterocycles. The Hall–Kier alpha value is -5.42. The number of carbonyl (C=O) groups excluding carboxylic acids is 2. The molecule has 83 heavy (non-hydrogen) atoms. The molecule has 0 heterocycles. The van der Waals surface area contributed by atoms with Crippen molar-refractivity contribution in [2.45, 2.75) is 155 Å². The van der Waals surface area contributed by atoms with Crippen molar-refractivity contribution in [3.05, 3.63) is 265 Å². The Labute approximate surface area is 523 Å². The van der Waals surface area contributed by atoms with E-state index in [1.165, 1.54) is 124 Å². The standard InChI is InChI=1S/2C30H30GeO2.2C8H17.Sn/c2*1-22-9-15-26(16-10-22)31(27-17-11-23(2)12-18-27,28-19-13-24(3)14-20-28)29(21-30(32)33)25-7-5-4-6-8-25;2*1-3-5-7-8-6-4-2;/h2*4-20,29H,21H2,1-3H3,(H,32,33);2*1,3-8H2,2H3;/q;;;;+2/p-2. The average Bonchev–Trinajstić information content (AvgIpc) is 2.75. The van der Waals surface area contributed by atoms with Gasteiger partial charge in [-0.05, 0) is 0 Å². The molecule has 8 rings (SSSR count). The summed E-state index contributed by atoms with van der Waals surface area (Å²) in [6.45, 7) is 24.6. The van der Waals surface area contributed by atoms with Crippen LogP contribution in [-0.2, 0) is 9.59 Å². The number of aliphatic carboxylic acids is 2. The summed E-state index contributed by atoms with van der Waals surface area (Å²) in [4.78, 5) is 24.4. The van der Waals surface area contributed by atoms with E-state index in [1.807, 2.05) is 36.4 Å². The second kappa shape index (κ2) is 37.1. The van der Waals surface area contributed by atoms with Crippen molar-refractivity contribution in [1.29, 1.82) is 0 Å². The molecule has 2 unspecified atom stereocenters. The molecule has 432 valence electrons. The largest absolute Gasteiger partial charge is 2.00 e. The van der Waals surface area contributed by atoms with E-state index < -0.39 is 38.5 Å². The fraction of sp³-hybridized carbons (Fsp3) is 0.316. The van der Waals surface area contributed by atoms with Gasteiger partial charge in [-0.1, -0.05) is 105 Å². The van der Waals surface area contributed by atoms with Gasteiger partial charge in [-0.2, -0.15) is 0 Å². The van der Waals surface area contributed by atoms with Crippen molar-refractivity contribution in [2.75, 3.05) is 0 Å². The molecule has 0 fully saturated rings. The molecule has 0 aliphatic carbocycles. The molecule has 0 amide bonds. The molecule has 4 nitrogen and oxygen atoms in total. The van der Waals surface area contributed by atoms with Crippen LogP contribution in [0.2, 0.25) is 0 Å². The van der Waals surface area contributed by atoms with Crippen LogP contribution in [-0.4, -0.2) is 62.4 Å². The topological polar surface area (TPSA) is 80.3 Å². The predicted octanol–water partition coefficient (Wildman–Crippen LogP) is 13.1. The number of unbranched alkanes of at least 4 members (excludes halogenated alkanes) is 10. The number of rotatable bonds is 24. The fourth-order valence-corrected chi connectivity index (χ4v) is 34.3. The van der Waals surface area contributed by atoms with E-state index in [9.17, 15) is 19.8 Å². The Bertz CT molecular complexity index is 2610. The molecular weight excluding hydrogens is 1240 g/mol. The van der Waals surface area contributed by atoms with Gasteiger partial charge in [0.1, 0.15) is 0 Å². The number of carbonyl (C=O) groups is 2. The first-order chi connectivity index (χ1) is 39.6. The predicted molar refractivity (Wildman–Crippen MR) is 357 cm³/mol. The van der Waals surface area contributed by atoms with Gasteiger partial charge >= 0.3 is 423 Å². The van der Waals surface area contributed by atoms with Crippen LogP contribution < -0.4 is 36.6 Å². The molecule has 0 bridgehead atoms. The van der Waals surface area contributed by atoms with Gasteiger partial charge in [-0.25, -0.2) is 0 Å². The molecule has 0 aromatic heterocycles. The van der Waals surface area contributed by atoms with E-state index in [0.29, 0.717) is 0 Å². The second-order valence-electron chi connectivity index (χ2n) is 22.4. The summed E-state index contributed by atoms with van der Waals surface area (Å²) < 4.78 is 7.17. The zero-order valence-corrected chi connectivity index (χ0v) is 58.3. The molecule has 0 spiro atoms. The van der Waals surface area contributed by atoms with Gasteiger partial charge < -0.3 is 0 Å². The van der Waals surface area contributed by atoms with Gasteiger partial charge in [0.05, 0.1) is 0 Å². The van der Waals surface area contributed by atoms with E-state index in [4.69, 9.17) is 0 Å². The Morgan fingerprint density at radius 1 is 0.337 bits per heavy atom. The third-order valence-electron chi connectivity index (χ3n) is 15.9. The molecule has 0 saturated heterocycles. The zero-order valence-electron chi connectivity index (χ0n) is 51.2. The zero-order chi connectivity index (χ0) is 59.3. The first kappa shape index (κ1) is 70.1. The van der Waals surface area contributed by atoms with Gasteiger partial charge in [0.15, 0.2) is 0 Å². The molecule has 4 radical (unpaired) electrons. The van der Waals surface area contributed by atoms with Crippen LogP contribution in [0.15, 0.2) is 206 Å². The SMILES string of the molecule is Cc1cc[c]([Ge]([c]2ccc(C)cc2)([c]2ccc(C)cc2)[CH](CC(=O)[O-])c2ccccc2)cc1.Cc1cc[c]([Ge]([c]2ccc(C)cc2)([c]2ccc(C)cc2)[CH](CC(=O)[O-])c2ccccc2)cc1.[CH2]CCCCCCC.[CH2]CCCCCCC.[Sn+2]. The van der Waals surface area contributed by atoms with E-state index >= 15 is 0 Å². The van der Waals surface area contributed by atoms with Crippen LogP contribution in [0.4, 0.5) is 0 Å². The quantitative estimate of drug-likeness (QED) is 0.0446. The summed E-state index contributed by atoms with van der Waals surface area (Å²) in [6.07, 6.45) is 15.9. The third kappa shape index (κ3) is 20.4. The fourth-order valence-electron chi connectivity index (χ4n) is 11.4. The minimum Gasteiger partial charge on any atom is -0.0654 e. The summed E-state index contributed by atoms with van der Waals surface area (Å²) in [5, 5.41) is 24.4. The summed E-state index contributed by atoms with van der Waals surface area (Å²) in [7, 11) is 0. The first-order valence-electron chi connectivity index (χ1n) is 30.2. The number of hydrogen-bond acceptors (Lipinski definition) is 4. The van der Waals surface area contributed by atoms with Crippen LogP contribution in [0.3, 0.4) is 0 Å². The van der Waals surface area contributed by atoms with Gasteiger partial charge in [-0.3, -0.25) is 0 Å². The van der Waals surface area contributed by atoms with Gasteiger partial charge in [0.25, 0.3) is 0 Å². The summed E-state index contributed by atoms with van der Waals surface area (Å²) >= 11 is -7.19. The Kier molecular flexibility index (Phi) is 31.3. The van der Waals surface area contributed by atoms with E-state index in [2.05, 4.69) is 239 Å². The van der Waals surface area contributed by atoms with Crippen molar-refractivity contribution in [3.63, 3.8) is 0 Å². The van der Waals surface area contributed by atoms with Crippen LogP contribution in [0.5, 0.6) is 0 Å². The minimum absolute atomic E-state index is 0. The van der Waals surface area contributed by atoms with Crippen LogP contribution in [0.1, 0.15) is 158 Å². The van der Waals surface area contributed by atoms with Crippen molar-refractivity contribution in [3.8, 4) is 0 Å². The smallest absolute Gasteiger partial charge is 0.0654 e. The summed E-state index contributed by atoms with van der Waals surface area (Å²) in [5.41, 5.74) is 9.28. The normalized spacial score (nSPS) is 11.7. The first-order valence-corrected chi connectivity index (χ1v) is 38.9. The van der Waals surface area contributed by atoms with E-state index in [-0.39, 0.29) is 46.3 Å². The molecule has 0 aliphatic rings. The maximum atomic E-state index is 12.2. The monoisotopic (exact) mass is 1340 g/mol. The Morgan fingerprint density at radius 3 is 0.723 bits per heavy atom. The van der Waals surface area contributed by atoms with Crippen molar-refractivity contribution in [2.24, 2.45) is 0 Å². The maximum absolute atomic E-state index is 12.2. The van der Waals surface area contributed by atoms with Crippen molar-refractivity contribution < 1.29 is 19.8 Å². The van der Waals surface area contributed by atoms with Crippen LogP contribution in [0, 0.1) is 55.4 Å². The second-order valence-corrected chi connectivity index (χ2v) is 39.4. The summed E-state index contributed by atoms with van der Waals surface area (Å²) in [6, 6.07) is 72.8. The molecular formula is C76H92Ge2O4Sn. The van der Waals surface area contributed by atoms with Crippen LogP contribution in [0.25, 0.3) is 0 Å². The number of benzene rings is 8. The number of carboxylic acid groups (broad SMARTS) is 2. The molecule has 8 aromatic rings. The van der Waals surface area contributed by atoms with Crippen LogP contribution >= 0.6 is 0 Å². The molecule has 2 atom stereocenters. The molecule has 8 aromatic carbocycles. The summed E-state index contributed by atoms with van der Waals surface area (Å²) in [5.74, 6) is -2.02. The van der Waals surface area contributed by atoms with E-state index in [1.54, 1.807) is 0 Å². The third-order valence-corrected chi connectivity index (χ3v) is 38.2. The number of carboxylic acids is 2. The Balaban J connectivity index is 0.000000280. The minimum atomic E-state index is -3.59. The maximum Gasteiger partial charge on any atom is 2.00 e. The van der Waals surface area contributed by atoms with Gasteiger partial charge in [0.2, 0.25) is 0 Å². The molecule has 7 heteroatoms. The molecule has 0 N–H and O–H groups in total.